The van der Waals surface area contributed by atoms with Crippen molar-refractivity contribution in [3.8, 4) is 0 Å². The van der Waals surface area contributed by atoms with Gasteiger partial charge in [0.2, 0.25) is 0 Å². The number of carbonyl (C=O) groups excluding carboxylic acids is 1. The smallest absolute Gasteiger partial charge is 0.257 e. The molecule has 4 heteroatoms. The van der Waals surface area contributed by atoms with Crippen LogP contribution in [0.4, 0.5) is 10.1 Å². The van der Waals surface area contributed by atoms with E-state index in [0.717, 1.165) is 0 Å². The molecule has 0 saturated heterocycles. The summed E-state index contributed by atoms with van der Waals surface area (Å²) in [5, 5.41) is 2.51. The van der Waals surface area contributed by atoms with Gasteiger partial charge in [-0.3, -0.25) is 4.79 Å². The SMILES string of the molecule is Cn1ccc(C(=O)Nc2ccccc2F)c1. The Labute approximate surface area is 92.5 Å². The van der Waals surface area contributed by atoms with E-state index in [1.807, 2.05) is 7.05 Å². The molecule has 0 bridgehead atoms. The first kappa shape index (κ1) is 10.4. The van der Waals surface area contributed by atoms with Crippen molar-refractivity contribution in [3.63, 3.8) is 0 Å². The van der Waals surface area contributed by atoms with Gasteiger partial charge in [0.1, 0.15) is 5.82 Å². The predicted octanol–water partition coefficient (Wildman–Crippen LogP) is 2.42. The second kappa shape index (κ2) is 4.18. The average Bonchev–Trinajstić information content (AvgIpc) is 2.68. The number of nitrogens with zero attached hydrogens (tertiary/aromatic N) is 1. The molecule has 1 N–H and O–H groups in total. The zero-order valence-electron chi connectivity index (χ0n) is 8.77. The first-order valence-corrected chi connectivity index (χ1v) is 4.84. The van der Waals surface area contributed by atoms with Crippen molar-refractivity contribution in [2.24, 2.45) is 7.05 Å². The molecule has 1 aromatic carbocycles. The number of hydrogen-bond donors (Lipinski definition) is 1. The third-order valence-corrected chi connectivity index (χ3v) is 2.22. The third kappa shape index (κ3) is 2.11. The van der Waals surface area contributed by atoms with Gasteiger partial charge < -0.3 is 9.88 Å². The van der Waals surface area contributed by atoms with E-state index in [4.69, 9.17) is 0 Å². The van der Waals surface area contributed by atoms with Crippen LogP contribution < -0.4 is 5.32 Å². The van der Waals surface area contributed by atoms with Crippen molar-refractivity contribution in [1.82, 2.24) is 4.57 Å². The maximum atomic E-state index is 13.3. The number of rotatable bonds is 2. The van der Waals surface area contributed by atoms with Crippen molar-refractivity contribution in [2.45, 2.75) is 0 Å². The number of aryl methyl sites for hydroxylation is 1. The summed E-state index contributed by atoms with van der Waals surface area (Å²) in [7, 11) is 1.82. The van der Waals surface area contributed by atoms with Gasteiger partial charge in [0, 0.05) is 19.4 Å². The molecule has 1 amide bonds. The number of hydrogen-bond acceptors (Lipinski definition) is 1. The molecule has 2 aromatic rings. The predicted molar refractivity (Wildman–Crippen MR) is 59.8 cm³/mol. The number of nitrogens with one attached hydrogen (secondary N) is 1. The summed E-state index contributed by atoms with van der Waals surface area (Å²) in [6, 6.07) is 7.75. The van der Waals surface area contributed by atoms with Crippen molar-refractivity contribution in [3.05, 3.63) is 54.1 Å². The Hall–Kier alpha value is -2.10. The standard InChI is InChI=1S/C12H11FN2O/c1-15-7-6-9(8-15)12(16)14-11-5-3-2-4-10(11)13/h2-8H,1H3,(H,14,16). The molecule has 0 aliphatic rings. The number of anilines is 1. The summed E-state index contributed by atoms with van der Waals surface area (Å²) in [6.07, 6.45) is 3.44. The second-order valence-electron chi connectivity index (χ2n) is 3.50. The molecule has 0 aliphatic carbocycles. The first-order valence-electron chi connectivity index (χ1n) is 4.84. The molecular weight excluding hydrogens is 207 g/mol. The Balaban J connectivity index is 2.17. The van der Waals surface area contributed by atoms with Crippen molar-refractivity contribution in [2.75, 3.05) is 5.32 Å². The van der Waals surface area contributed by atoms with Gasteiger partial charge in [0.15, 0.2) is 0 Å². The highest BCUT2D eigenvalue weighted by Gasteiger charge is 2.09. The van der Waals surface area contributed by atoms with Gasteiger partial charge in [-0.15, -0.1) is 0 Å². The molecule has 0 unspecified atom stereocenters. The van der Waals surface area contributed by atoms with Gasteiger partial charge in [-0.2, -0.15) is 0 Å². The van der Waals surface area contributed by atoms with E-state index in [1.165, 1.54) is 12.1 Å². The Morgan fingerprint density at radius 3 is 2.69 bits per heavy atom. The van der Waals surface area contributed by atoms with E-state index in [9.17, 15) is 9.18 Å². The van der Waals surface area contributed by atoms with Crippen LogP contribution in [0.3, 0.4) is 0 Å². The highest BCUT2D eigenvalue weighted by molar-refractivity contribution is 6.04. The second-order valence-corrected chi connectivity index (χ2v) is 3.50. The minimum absolute atomic E-state index is 0.191. The summed E-state index contributed by atoms with van der Waals surface area (Å²) >= 11 is 0. The maximum Gasteiger partial charge on any atom is 0.257 e. The maximum absolute atomic E-state index is 13.3. The fourth-order valence-corrected chi connectivity index (χ4v) is 1.39. The lowest BCUT2D eigenvalue weighted by atomic mass is 10.2. The fourth-order valence-electron chi connectivity index (χ4n) is 1.39. The molecule has 0 saturated carbocycles. The Bertz CT molecular complexity index is 519. The lowest BCUT2D eigenvalue weighted by Gasteiger charge is -2.04. The van der Waals surface area contributed by atoms with Crippen LogP contribution in [0, 0.1) is 5.82 Å². The topological polar surface area (TPSA) is 34.0 Å². The lowest BCUT2D eigenvalue weighted by Crippen LogP contribution is -2.12. The molecule has 82 valence electrons. The number of benzene rings is 1. The molecule has 1 aromatic heterocycles. The van der Waals surface area contributed by atoms with Crippen molar-refractivity contribution in [1.29, 1.82) is 0 Å². The number of para-hydroxylation sites is 1. The molecule has 3 nitrogen and oxygen atoms in total. The number of amides is 1. The van der Waals surface area contributed by atoms with Crippen molar-refractivity contribution < 1.29 is 9.18 Å². The van der Waals surface area contributed by atoms with Gasteiger partial charge in [-0.1, -0.05) is 12.1 Å². The zero-order valence-corrected chi connectivity index (χ0v) is 8.77. The molecular formula is C12H11FN2O. The van der Waals surface area contributed by atoms with Gasteiger partial charge in [-0.25, -0.2) is 4.39 Å². The average molecular weight is 218 g/mol. The first-order chi connectivity index (χ1) is 7.66. The molecule has 0 spiro atoms. The number of halogens is 1. The van der Waals surface area contributed by atoms with E-state index in [1.54, 1.807) is 35.2 Å². The Kier molecular flexibility index (Phi) is 2.72. The Morgan fingerprint density at radius 1 is 1.31 bits per heavy atom. The molecule has 16 heavy (non-hydrogen) atoms. The molecule has 0 aliphatic heterocycles. The number of carbonyl (C=O) groups is 1. The van der Waals surface area contributed by atoms with Crippen LogP contribution >= 0.6 is 0 Å². The van der Waals surface area contributed by atoms with Crippen LogP contribution in [0.5, 0.6) is 0 Å². The van der Waals surface area contributed by atoms with Gasteiger partial charge in [0.05, 0.1) is 11.3 Å². The van der Waals surface area contributed by atoms with Crippen molar-refractivity contribution >= 4 is 11.6 Å². The molecule has 1 heterocycles. The van der Waals surface area contributed by atoms with E-state index in [-0.39, 0.29) is 11.6 Å². The van der Waals surface area contributed by atoms with E-state index in [0.29, 0.717) is 5.56 Å². The van der Waals surface area contributed by atoms with Gasteiger partial charge >= 0.3 is 0 Å². The summed E-state index contributed by atoms with van der Waals surface area (Å²) in [5.41, 5.74) is 0.696. The van der Waals surface area contributed by atoms with Crippen LogP contribution in [-0.4, -0.2) is 10.5 Å². The van der Waals surface area contributed by atoms with Crippen LogP contribution in [0.2, 0.25) is 0 Å². The highest BCUT2D eigenvalue weighted by atomic mass is 19.1. The normalized spacial score (nSPS) is 10.1. The summed E-state index contributed by atoms with van der Waals surface area (Å²) < 4.78 is 15.0. The monoisotopic (exact) mass is 218 g/mol. The molecule has 2 rings (SSSR count). The number of aromatic nitrogens is 1. The van der Waals surface area contributed by atoms with E-state index >= 15 is 0 Å². The van der Waals surface area contributed by atoms with E-state index < -0.39 is 5.82 Å². The third-order valence-electron chi connectivity index (χ3n) is 2.22. The minimum Gasteiger partial charge on any atom is -0.356 e. The van der Waals surface area contributed by atoms with E-state index in [2.05, 4.69) is 5.32 Å². The van der Waals surface area contributed by atoms with Crippen LogP contribution in [0.25, 0.3) is 0 Å². The summed E-state index contributed by atoms with van der Waals surface area (Å²) in [4.78, 5) is 11.7. The summed E-state index contributed by atoms with van der Waals surface area (Å²) in [6.45, 7) is 0. The fraction of sp³-hybridized carbons (Fsp3) is 0.0833. The lowest BCUT2D eigenvalue weighted by molar-refractivity contribution is 0.102. The van der Waals surface area contributed by atoms with Gasteiger partial charge in [0.25, 0.3) is 5.91 Å². The van der Waals surface area contributed by atoms with Crippen LogP contribution in [0.1, 0.15) is 10.4 Å². The van der Waals surface area contributed by atoms with Gasteiger partial charge in [-0.05, 0) is 18.2 Å². The molecule has 0 radical (unpaired) electrons. The zero-order chi connectivity index (χ0) is 11.5. The van der Waals surface area contributed by atoms with Crippen LogP contribution in [-0.2, 0) is 7.05 Å². The largest absolute Gasteiger partial charge is 0.356 e. The molecule has 0 fully saturated rings. The minimum atomic E-state index is -0.438. The highest BCUT2D eigenvalue weighted by Crippen LogP contribution is 2.13. The summed E-state index contributed by atoms with van der Waals surface area (Å²) in [5.74, 6) is -0.752. The van der Waals surface area contributed by atoms with Crippen LogP contribution in [0.15, 0.2) is 42.7 Å². The Morgan fingerprint density at radius 2 is 2.06 bits per heavy atom. The quantitative estimate of drug-likeness (QED) is 0.825. The molecule has 0 atom stereocenters.